The van der Waals surface area contributed by atoms with Gasteiger partial charge in [-0.25, -0.2) is 4.98 Å². The van der Waals surface area contributed by atoms with E-state index in [9.17, 15) is 0 Å². The molecule has 0 spiro atoms. The van der Waals surface area contributed by atoms with E-state index in [1.807, 2.05) is 78.9 Å². The lowest BCUT2D eigenvalue weighted by Gasteiger charge is -2.07. The molecule has 27 heavy (non-hydrogen) atoms. The number of nitrogens with zero attached hydrogens (tertiary/aromatic N) is 1. The minimum atomic E-state index is 0.541. The van der Waals surface area contributed by atoms with Crippen LogP contribution in [0.25, 0.3) is 22.6 Å². The summed E-state index contributed by atoms with van der Waals surface area (Å²) in [6.07, 6.45) is 1.47. The Balaban J connectivity index is 1.51. The van der Waals surface area contributed by atoms with Gasteiger partial charge in [0, 0.05) is 11.1 Å². The Morgan fingerprint density at radius 2 is 1.44 bits per heavy atom. The molecule has 1 heterocycles. The summed E-state index contributed by atoms with van der Waals surface area (Å²) in [6.45, 7) is 0.541. The Hall–Kier alpha value is -3.53. The quantitative estimate of drug-likeness (QED) is 0.451. The Morgan fingerprint density at radius 3 is 2.15 bits per heavy atom. The molecule has 4 aromatic rings. The molecule has 4 nitrogen and oxygen atoms in total. The number of benzene rings is 3. The van der Waals surface area contributed by atoms with Crippen LogP contribution < -0.4 is 9.47 Å². The van der Waals surface area contributed by atoms with Crippen molar-refractivity contribution in [1.82, 2.24) is 4.98 Å². The third kappa shape index (κ3) is 3.85. The van der Waals surface area contributed by atoms with Crippen molar-refractivity contribution in [1.29, 1.82) is 0 Å². The fourth-order valence-electron chi connectivity index (χ4n) is 2.85. The number of oxazole rings is 1. The van der Waals surface area contributed by atoms with Gasteiger partial charge in [-0.05, 0) is 54.1 Å². The van der Waals surface area contributed by atoms with E-state index in [-0.39, 0.29) is 0 Å². The second-order valence-electron chi connectivity index (χ2n) is 6.06. The second-order valence-corrected chi connectivity index (χ2v) is 6.06. The summed E-state index contributed by atoms with van der Waals surface area (Å²) in [5.41, 5.74) is 3.86. The monoisotopic (exact) mass is 357 g/mol. The van der Waals surface area contributed by atoms with Crippen molar-refractivity contribution in [2.45, 2.75) is 6.61 Å². The van der Waals surface area contributed by atoms with Gasteiger partial charge in [0.25, 0.3) is 0 Å². The standard InChI is InChI=1S/C23H19NO3/c1-25-20-11-7-18(8-12-20)22-23(27-16-24-22)19-9-13-21(14-10-19)26-15-17-5-3-2-4-6-17/h2-14,16H,15H2,1H3. The van der Waals surface area contributed by atoms with E-state index >= 15 is 0 Å². The van der Waals surface area contributed by atoms with Gasteiger partial charge >= 0.3 is 0 Å². The molecule has 0 unspecified atom stereocenters. The van der Waals surface area contributed by atoms with E-state index in [1.165, 1.54) is 6.39 Å². The summed E-state index contributed by atoms with van der Waals surface area (Å²) in [6, 6.07) is 25.7. The first-order chi connectivity index (χ1) is 13.3. The molecule has 4 rings (SSSR count). The predicted octanol–water partition coefficient (Wildman–Crippen LogP) is 5.60. The smallest absolute Gasteiger partial charge is 0.182 e. The molecule has 0 amide bonds. The van der Waals surface area contributed by atoms with Crippen LogP contribution in [-0.2, 0) is 6.61 Å². The Morgan fingerprint density at radius 1 is 0.778 bits per heavy atom. The molecule has 0 bridgehead atoms. The summed E-state index contributed by atoms with van der Waals surface area (Å²) in [5, 5.41) is 0. The van der Waals surface area contributed by atoms with E-state index in [2.05, 4.69) is 4.98 Å². The highest BCUT2D eigenvalue weighted by molar-refractivity contribution is 5.77. The first-order valence-electron chi connectivity index (χ1n) is 8.68. The van der Waals surface area contributed by atoms with Crippen LogP contribution in [0.3, 0.4) is 0 Å². The van der Waals surface area contributed by atoms with Crippen LogP contribution in [-0.4, -0.2) is 12.1 Å². The number of hydrogen-bond donors (Lipinski definition) is 0. The Labute approximate surface area is 158 Å². The van der Waals surface area contributed by atoms with Crippen LogP contribution in [0, 0.1) is 0 Å². The van der Waals surface area contributed by atoms with E-state index in [1.54, 1.807) is 7.11 Å². The minimum Gasteiger partial charge on any atom is -0.497 e. The average molecular weight is 357 g/mol. The topological polar surface area (TPSA) is 44.5 Å². The summed E-state index contributed by atoms with van der Waals surface area (Å²) in [4.78, 5) is 4.38. The number of ether oxygens (including phenoxy) is 2. The van der Waals surface area contributed by atoms with Crippen molar-refractivity contribution in [3.05, 3.63) is 90.8 Å². The molecule has 0 aliphatic rings. The lowest BCUT2D eigenvalue weighted by molar-refractivity contribution is 0.306. The maximum atomic E-state index is 5.84. The van der Waals surface area contributed by atoms with Crippen molar-refractivity contribution in [3.63, 3.8) is 0 Å². The van der Waals surface area contributed by atoms with E-state index in [4.69, 9.17) is 13.9 Å². The fraction of sp³-hybridized carbons (Fsp3) is 0.0870. The lowest BCUT2D eigenvalue weighted by Crippen LogP contribution is -1.94. The van der Waals surface area contributed by atoms with Gasteiger partial charge in [0.1, 0.15) is 23.8 Å². The molecule has 0 N–H and O–H groups in total. The van der Waals surface area contributed by atoms with Gasteiger partial charge in [-0.2, -0.15) is 0 Å². The normalized spacial score (nSPS) is 10.6. The van der Waals surface area contributed by atoms with Crippen molar-refractivity contribution in [2.75, 3.05) is 7.11 Å². The van der Waals surface area contributed by atoms with Gasteiger partial charge in [-0.1, -0.05) is 30.3 Å². The lowest BCUT2D eigenvalue weighted by atomic mass is 10.1. The molecule has 0 saturated heterocycles. The summed E-state index contributed by atoms with van der Waals surface area (Å²) in [5.74, 6) is 2.35. The molecule has 0 radical (unpaired) electrons. The molecule has 0 atom stereocenters. The molecule has 0 aliphatic carbocycles. The van der Waals surface area contributed by atoms with Crippen LogP contribution in [0.4, 0.5) is 0 Å². The number of hydrogen-bond acceptors (Lipinski definition) is 4. The van der Waals surface area contributed by atoms with Crippen molar-refractivity contribution in [3.8, 4) is 34.1 Å². The summed E-state index contributed by atoms with van der Waals surface area (Å²) < 4.78 is 16.7. The number of aromatic nitrogens is 1. The van der Waals surface area contributed by atoms with Gasteiger partial charge in [0.05, 0.1) is 7.11 Å². The Bertz CT molecular complexity index is 990. The highest BCUT2D eigenvalue weighted by atomic mass is 16.5. The first-order valence-corrected chi connectivity index (χ1v) is 8.68. The SMILES string of the molecule is COc1ccc(-c2ncoc2-c2ccc(OCc3ccccc3)cc2)cc1. The molecule has 0 saturated carbocycles. The second kappa shape index (κ2) is 7.79. The van der Waals surface area contributed by atoms with Crippen molar-refractivity contribution >= 4 is 0 Å². The molecule has 0 aliphatic heterocycles. The fourth-order valence-corrected chi connectivity index (χ4v) is 2.85. The zero-order valence-electron chi connectivity index (χ0n) is 15.0. The number of methoxy groups -OCH3 is 1. The van der Waals surface area contributed by atoms with Crippen LogP contribution in [0.1, 0.15) is 5.56 Å². The van der Waals surface area contributed by atoms with Crippen LogP contribution >= 0.6 is 0 Å². The van der Waals surface area contributed by atoms with E-state index in [0.717, 1.165) is 39.6 Å². The third-order valence-electron chi connectivity index (χ3n) is 4.30. The summed E-state index contributed by atoms with van der Waals surface area (Å²) in [7, 11) is 1.65. The zero-order chi connectivity index (χ0) is 18.5. The molecule has 3 aromatic carbocycles. The maximum absolute atomic E-state index is 5.84. The van der Waals surface area contributed by atoms with Crippen molar-refractivity contribution < 1.29 is 13.9 Å². The van der Waals surface area contributed by atoms with Gasteiger partial charge in [-0.3, -0.25) is 0 Å². The van der Waals surface area contributed by atoms with E-state index < -0.39 is 0 Å². The van der Waals surface area contributed by atoms with Gasteiger partial charge in [0.15, 0.2) is 12.2 Å². The predicted molar refractivity (Wildman–Crippen MR) is 105 cm³/mol. The van der Waals surface area contributed by atoms with Crippen LogP contribution in [0.15, 0.2) is 89.7 Å². The summed E-state index contributed by atoms with van der Waals surface area (Å²) >= 11 is 0. The number of rotatable bonds is 6. The van der Waals surface area contributed by atoms with Gasteiger partial charge < -0.3 is 13.9 Å². The maximum Gasteiger partial charge on any atom is 0.182 e. The zero-order valence-corrected chi connectivity index (χ0v) is 15.0. The molecule has 134 valence electrons. The van der Waals surface area contributed by atoms with Crippen molar-refractivity contribution in [2.24, 2.45) is 0 Å². The van der Waals surface area contributed by atoms with Gasteiger partial charge in [0.2, 0.25) is 0 Å². The largest absolute Gasteiger partial charge is 0.497 e. The van der Waals surface area contributed by atoms with Crippen LogP contribution in [0.2, 0.25) is 0 Å². The highest BCUT2D eigenvalue weighted by Gasteiger charge is 2.13. The molecule has 1 aromatic heterocycles. The third-order valence-corrected chi connectivity index (χ3v) is 4.30. The Kier molecular flexibility index (Phi) is 4.88. The van der Waals surface area contributed by atoms with Crippen LogP contribution in [0.5, 0.6) is 11.5 Å². The van der Waals surface area contributed by atoms with Gasteiger partial charge in [-0.15, -0.1) is 0 Å². The highest BCUT2D eigenvalue weighted by Crippen LogP contribution is 2.32. The minimum absolute atomic E-state index is 0.541. The molecular weight excluding hydrogens is 338 g/mol. The molecule has 0 fully saturated rings. The molecular formula is C23H19NO3. The van der Waals surface area contributed by atoms with E-state index in [0.29, 0.717) is 6.61 Å². The first kappa shape index (κ1) is 16.9. The average Bonchev–Trinajstić information content (AvgIpc) is 3.23. The molecule has 4 heteroatoms.